The molecule has 0 fully saturated rings. The van der Waals surface area contributed by atoms with Crippen LogP contribution in [0.3, 0.4) is 0 Å². The van der Waals surface area contributed by atoms with Crippen LogP contribution in [0.1, 0.15) is 18.4 Å². The molecule has 2 aromatic carbocycles. The van der Waals surface area contributed by atoms with Gasteiger partial charge in [0.05, 0.1) is 12.2 Å². The van der Waals surface area contributed by atoms with E-state index in [0.29, 0.717) is 28.8 Å². The molecule has 0 unspecified atom stereocenters. The summed E-state index contributed by atoms with van der Waals surface area (Å²) in [7, 11) is 0. The van der Waals surface area contributed by atoms with E-state index in [-0.39, 0.29) is 12.5 Å². The van der Waals surface area contributed by atoms with Crippen molar-refractivity contribution in [1.82, 2.24) is 10.1 Å². The smallest absolute Gasteiger partial charge is 0.331 e. The highest BCUT2D eigenvalue weighted by Gasteiger charge is 2.14. The van der Waals surface area contributed by atoms with Gasteiger partial charge in [-0.15, -0.1) is 0 Å². The van der Waals surface area contributed by atoms with Crippen molar-refractivity contribution in [1.29, 1.82) is 0 Å². The monoisotopic (exact) mass is 384 g/mol. The topological polar surface area (TPSA) is 74.5 Å². The molecule has 3 aromatic rings. The van der Waals surface area contributed by atoms with Crippen LogP contribution in [0.2, 0.25) is 5.02 Å². The van der Waals surface area contributed by atoms with Gasteiger partial charge in [0.15, 0.2) is 6.61 Å². The van der Waals surface area contributed by atoms with Crippen LogP contribution in [0.15, 0.2) is 59.1 Å². The molecule has 6 nitrogen and oxygen atoms in total. The van der Waals surface area contributed by atoms with Crippen molar-refractivity contribution >= 4 is 23.6 Å². The van der Waals surface area contributed by atoms with Gasteiger partial charge in [-0.05, 0) is 42.8 Å². The molecule has 7 heteroatoms. The molecule has 0 bridgehead atoms. The maximum absolute atomic E-state index is 11.8. The first-order valence-electron chi connectivity index (χ1n) is 8.31. The fraction of sp³-hybridized carbons (Fsp3) is 0.150. The van der Waals surface area contributed by atoms with Gasteiger partial charge in [0.25, 0.3) is 5.89 Å². The predicted octanol–water partition coefficient (Wildman–Crippen LogP) is 4.55. The van der Waals surface area contributed by atoms with Gasteiger partial charge in [0, 0.05) is 11.1 Å². The van der Waals surface area contributed by atoms with Crippen molar-refractivity contribution < 1.29 is 18.8 Å². The molecule has 1 heterocycles. The molecule has 0 amide bonds. The Kier molecular flexibility index (Phi) is 6.22. The van der Waals surface area contributed by atoms with E-state index in [1.807, 2.05) is 31.2 Å². The van der Waals surface area contributed by atoms with E-state index < -0.39 is 5.97 Å². The number of para-hydroxylation sites is 1. The number of benzene rings is 2. The number of rotatable bonds is 7. The van der Waals surface area contributed by atoms with Crippen LogP contribution in [-0.4, -0.2) is 22.7 Å². The summed E-state index contributed by atoms with van der Waals surface area (Å²) in [5, 5.41) is 4.55. The van der Waals surface area contributed by atoms with Crippen LogP contribution in [0.5, 0.6) is 5.75 Å². The molecule has 0 spiro atoms. The van der Waals surface area contributed by atoms with E-state index in [4.69, 9.17) is 25.6 Å². The fourth-order valence-corrected chi connectivity index (χ4v) is 2.40. The molecule has 0 aliphatic heterocycles. The third-order valence-electron chi connectivity index (χ3n) is 3.52. The van der Waals surface area contributed by atoms with E-state index in [0.717, 1.165) is 5.56 Å². The van der Waals surface area contributed by atoms with Crippen molar-refractivity contribution in [2.24, 2.45) is 0 Å². The van der Waals surface area contributed by atoms with Gasteiger partial charge in [-0.2, -0.15) is 4.98 Å². The minimum Gasteiger partial charge on any atom is -0.493 e. The Balaban J connectivity index is 1.59. The zero-order valence-electron chi connectivity index (χ0n) is 14.6. The van der Waals surface area contributed by atoms with E-state index in [2.05, 4.69) is 10.1 Å². The second-order valence-electron chi connectivity index (χ2n) is 5.43. The highest BCUT2D eigenvalue weighted by atomic mass is 35.5. The number of esters is 1. The Hall–Kier alpha value is -3.12. The zero-order valence-corrected chi connectivity index (χ0v) is 15.3. The number of hydrogen-bond acceptors (Lipinski definition) is 6. The minimum atomic E-state index is -0.514. The second kappa shape index (κ2) is 9.00. The van der Waals surface area contributed by atoms with Crippen LogP contribution in [0.4, 0.5) is 0 Å². The average Bonchev–Trinajstić information content (AvgIpc) is 3.15. The van der Waals surface area contributed by atoms with E-state index in [9.17, 15) is 4.79 Å². The summed E-state index contributed by atoms with van der Waals surface area (Å²) in [5.74, 6) is 0.723. The summed E-state index contributed by atoms with van der Waals surface area (Å²) < 4.78 is 15.8. The van der Waals surface area contributed by atoms with Gasteiger partial charge in [-0.1, -0.05) is 41.0 Å². The quantitative estimate of drug-likeness (QED) is 0.439. The van der Waals surface area contributed by atoms with Crippen LogP contribution in [0, 0.1) is 0 Å². The van der Waals surface area contributed by atoms with E-state index in [1.165, 1.54) is 6.08 Å². The van der Waals surface area contributed by atoms with Gasteiger partial charge in [-0.25, -0.2) is 4.79 Å². The molecule has 0 aliphatic rings. The SMILES string of the molecule is CCOc1ccccc1-c1noc(COC(=O)/C=C/c2ccc(Cl)cc2)n1. The maximum atomic E-state index is 11.8. The van der Waals surface area contributed by atoms with Gasteiger partial charge in [-0.3, -0.25) is 0 Å². The number of aromatic nitrogens is 2. The molecule has 0 N–H and O–H groups in total. The normalized spacial score (nSPS) is 10.9. The lowest BCUT2D eigenvalue weighted by atomic mass is 10.2. The first-order valence-corrected chi connectivity index (χ1v) is 8.68. The maximum Gasteiger partial charge on any atom is 0.331 e. The first kappa shape index (κ1) is 18.7. The summed E-state index contributed by atoms with van der Waals surface area (Å²) in [4.78, 5) is 16.1. The highest BCUT2D eigenvalue weighted by molar-refractivity contribution is 6.30. The minimum absolute atomic E-state index is 0.117. The van der Waals surface area contributed by atoms with Crippen LogP contribution in [0.25, 0.3) is 17.5 Å². The largest absolute Gasteiger partial charge is 0.493 e. The first-order chi connectivity index (χ1) is 13.2. The number of carbonyl (C=O) groups excluding carboxylic acids is 1. The van der Waals surface area contributed by atoms with Crippen LogP contribution < -0.4 is 4.74 Å². The molecular weight excluding hydrogens is 368 g/mol. The second-order valence-corrected chi connectivity index (χ2v) is 5.87. The number of hydrogen-bond donors (Lipinski definition) is 0. The van der Waals surface area contributed by atoms with Crippen LogP contribution in [-0.2, 0) is 16.1 Å². The molecule has 0 aliphatic carbocycles. The Morgan fingerprint density at radius 3 is 2.74 bits per heavy atom. The number of ether oxygens (including phenoxy) is 2. The molecule has 27 heavy (non-hydrogen) atoms. The lowest BCUT2D eigenvalue weighted by Gasteiger charge is -2.05. The van der Waals surface area contributed by atoms with Crippen molar-refractivity contribution in [3.8, 4) is 17.1 Å². The predicted molar refractivity (Wildman–Crippen MR) is 101 cm³/mol. The van der Waals surface area contributed by atoms with Gasteiger partial charge < -0.3 is 14.0 Å². The Morgan fingerprint density at radius 2 is 1.96 bits per heavy atom. The summed E-state index contributed by atoms with van der Waals surface area (Å²) in [6.45, 7) is 2.31. The standard InChI is InChI=1S/C20H17ClN2O4/c1-2-25-17-6-4-3-5-16(17)20-22-18(27-23-20)13-26-19(24)12-9-14-7-10-15(21)11-8-14/h3-12H,2,13H2,1H3/b12-9+. The fourth-order valence-electron chi connectivity index (χ4n) is 2.27. The van der Waals surface area contributed by atoms with E-state index >= 15 is 0 Å². The van der Waals surface area contributed by atoms with Crippen molar-refractivity contribution in [3.63, 3.8) is 0 Å². The molecular formula is C20H17ClN2O4. The zero-order chi connectivity index (χ0) is 19.1. The third-order valence-corrected chi connectivity index (χ3v) is 3.77. The molecule has 0 radical (unpaired) electrons. The molecule has 3 rings (SSSR count). The van der Waals surface area contributed by atoms with Gasteiger partial charge >= 0.3 is 5.97 Å². The Labute approximate surface area is 161 Å². The highest BCUT2D eigenvalue weighted by Crippen LogP contribution is 2.27. The molecule has 138 valence electrons. The summed E-state index contributed by atoms with van der Waals surface area (Å²) >= 11 is 5.82. The third kappa shape index (κ3) is 5.18. The number of halogens is 1. The van der Waals surface area contributed by atoms with Crippen LogP contribution >= 0.6 is 11.6 Å². The van der Waals surface area contributed by atoms with Crippen molar-refractivity contribution in [3.05, 3.63) is 71.1 Å². The van der Waals surface area contributed by atoms with Gasteiger partial charge in [0.1, 0.15) is 5.75 Å². The lowest BCUT2D eigenvalue weighted by Crippen LogP contribution is -2.01. The van der Waals surface area contributed by atoms with E-state index in [1.54, 1.807) is 30.3 Å². The van der Waals surface area contributed by atoms with Gasteiger partial charge in [0.2, 0.25) is 5.82 Å². The van der Waals surface area contributed by atoms with Crippen molar-refractivity contribution in [2.45, 2.75) is 13.5 Å². The number of nitrogens with zero attached hydrogens (tertiary/aromatic N) is 2. The van der Waals surface area contributed by atoms with Crippen molar-refractivity contribution in [2.75, 3.05) is 6.61 Å². The molecule has 0 saturated heterocycles. The Bertz CT molecular complexity index is 935. The summed E-state index contributed by atoms with van der Waals surface area (Å²) in [6, 6.07) is 14.5. The molecule has 1 aromatic heterocycles. The lowest BCUT2D eigenvalue weighted by molar-refractivity contribution is -0.139. The summed E-state index contributed by atoms with van der Waals surface area (Å²) in [6.07, 6.45) is 2.96. The summed E-state index contributed by atoms with van der Waals surface area (Å²) in [5.41, 5.74) is 1.55. The average molecular weight is 385 g/mol. The molecule has 0 atom stereocenters. The Morgan fingerprint density at radius 1 is 1.19 bits per heavy atom. The number of carbonyl (C=O) groups is 1. The molecule has 0 saturated carbocycles.